The van der Waals surface area contributed by atoms with Gasteiger partial charge in [0.15, 0.2) is 11.5 Å². The minimum atomic E-state index is -0.161. The zero-order chi connectivity index (χ0) is 13.1. The highest BCUT2D eigenvalue weighted by Crippen LogP contribution is 2.32. The fourth-order valence-corrected chi connectivity index (χ4v) is 1.80. The van der Waals surface area contributed by atoms with Gasteiger partial charge in [-0.2, -0.15) is 0 Å². The molecule has 0 fully saturated rings. The molecule has 1 N–H and O–H groups in total. The molecule has 1 amide bonds. The second-order valence-electron chi connectivity index (χ2n) is 4.55. The fourth-order valence-electron chi connectivity index (χ4n) is 1.64. The highest BCUT2D eigenvalue weighted by Gasteiger charge is 2.18. The van der Waals surface area contributed by atoms with E-state index in [2.05, 4.69) is 21.2 Å². The number of amides is 1. The molecule has 1 unspecified atom stereocenters. The molecule has 0 aromatic heterocycles. The van der Waals surface area contributed by atoms with Crippen molar-refractivity contribution < 1.29 is 14.3 Å². The molecule has 1 aliphatic rings. The van der Waals surface area contributed by atoms with Crippen LogP contribution >= 0.6 is 15.9 Å². The average Bonchev–Trinajstić information content (AvgIpc) is 2.82. The molecule has 0 spiro atoms. The molecule has 0 saturated carbocycles. The maximum absolute atomic E-state index is 11.8. The van der Waals surface area contributed by atoms with Crippen molar-refractivity contribution in [3.63, 3.8) is 0 Å². The number of nitrogens with one attached hydrogen (secondary N) is 1. The van der Waals surface area contributed by atoms with Gasteiger partial charge >= 0.3 is 0 Å². The number of carbonyl (C=O) groups excluding carboxylic acids is 1. The summed E-state index contributed by atoms with van der Waals surface area (Å²) in [4.78, 5) is 11.6. The highest BCUT2D eigenvalue weighted by molar-refractivity contribution is 9.10. The summed E-state index contributed by atoms with van der Waals surface area (Å²) in [6.45, 7) is 4.76. The lowest BCUT2D eigenvalue weighted by Gasteiger charge is -2.13. The van der Waals surface area contributed by atoms with E-state index in [1.165, 1.54) is 0 Å². The van der Waals surface area contributed by atoms with Gasteiger partial charge in [-0.3, -0.25) is 4.79 Å². The number of carbonyl (C=O) groups is 1. The monoisotopic (exact) mass is 313 g/mol. The molecule has 0 saturated heterocycles. The van der Waals surface area contributed by atoms with Gasteiger partial charge in [-0.15, -0.1) is 0 Å². The first-order valence-electron chi connectivity index (χ1n) is 5.88. The first-order valence-corrected chi connectivity index (χ1v) is 6.80. The van der Waals surface area contributed by atoms with Gasteiger partial charge < -0.3 is 14.8 Å². The molecular weight excluding hydrogens is 298 g/mol. The van der Waals surface area contributed by atoms with Gasteiger partial charge in [-0.25, -0.2) is 0 Å². The normalized spacial score (nSPS) is 14.7. The SMILES string of the molecule is CC(C)C(Br)C(=O)NCc1ccc2c(c1)OCO2. The molecular formula is C13H16BrNO3. The van der Waals surface area contributed by atoms with Crippen molar-refractivity contribution >= 4 is 21.8 Å². The number of benzene rings is 1. The van der Waals surface area contributed by atoms with Crippen molar-refractivity contribution in [2.24, 2.45) is 5.92 Å². The van der Waals surface area contributed by atoms with Crippen LogP contribution in [0, 0.1) is 5.92 Å². The molecule has 1 atom stereocenters. The third kappa shape index (κ3) is 2.96. The Morgan fingerprint density at radius 3 is 2.83 bits per heavy atom. The topological polar surface area (TPSA) is 47.6 Å². The first kappa shape index (κ1) is 13.2. The Hall–Kier alpha value is -1.23. The molecule has 0 radical (unpaired) electrons. The van der Waals surface area contributed by atoms with E-state index in [0.717, 1.165) is 17.1 Å². The van der Waals surface area contributed by atoms with Gasteiger partial charge in [0.05, 0.1) is 4.83 Å². The van der Waals surface area contributed by atoms with E-state index in [1.807, 2.05) is 32.0 Å². The number of halogens is 1. The Morgan fingerprint density at radius 1 is 1.39 bits per heavy atom. The summed E-state index contributed by atoms with van der Waals surface area (Å²) < 4.78 is 10.5. The van der Waals surface area contributed by atoms with Crippen molar-refractivity contribution in [1.29, 1.82) is 0 Å². The van der Waals surface area contributed by atoms with Gasteiger partial charge in [0, 0.05) is 6.54 Å². The van der Waals surface area contributed by atoms with Crippen LogP contribution in [0.2, 0.25) is 0 Å². The maximum atomic E-state index is 11.8. The van der Waals surface area contributed by atoms with E-state index in [-0.39, 0.29) is 23.4 Å². The third-order valence-corrected chi connectivity index (χ3v) is 4.21. The Kier molecular flexibility index (Phi) is 4.11. The summed E-state index contributed by atoms with van der Waals surface area (Å²) in [5, 5.41) is 2.89. The number of hydrogen-bond donors (Lipinski definition) is 1. The minimum absolute atomic E-state index is 0.00247. The number of rotatable bonds is 4. The summed E-state index contributed by atoms with van der Waals surface area (Å²) >= 11 is 3.37. The van der Waals surface area contributed by atoms with Crippen LogP contribution in [-0.2, 0) is 11.3 Å². The van der Waals surface area contributed by atoms with E-state index in [4.69, 9.17) is 9.47 Å². The smallest absolute Gasteiger partial charge is 0.234 e. The molecule has 4 nitrogen and oxygen atoms in total. The van der Waals surface area contributed by atoms with Crippen molar-refractivity contribution in [1.82, 2.24) is 5.32 Å². The second-order valence-corrected chi connectivity index (χ2v) is 5.54. The Balaban J connectivity index is 1.93. The number of alkyl halides is 1. The standard InChI is InChI=1S/C13H16BrNO3/c1-8(2)12(14)13(16)15-6-9-3-4-10-11(5-9)18-7-17-10/h3-5,8,12H,6-7H2,1-2H3,(H,15,16). The van der Waals surface area contributed by atoms with Crippen LogP contribution in [0.5, 0.6) is 11.5 Å². The van der Waals surface area contributed by atoms with E-state index < -0.39 is 0 Å². The Bertz CT molecular complexity index is 448. The highest BCUT2D eigenvalue weighted by atomic mass is 79.9. The third-order valence-electron chi connectivity index (χ3n) is 2.74. The molecule has 1 aromatic rings. The Morgan fingerprint density at radius 2 is 2.11 bits per heavy atom. The molecule has 1 aliphatic heterocycles. The average molecular weight is 314 g/mol. The summed E-state index contributed by atoms with van der Waals surface area (Å²) in [5.74, 6) is 1.76. The molecule has 98 valence electrons. The van der Waals surface area contributed by atoms with E-state index in [1.54, 1.807) is 0 Å². The molecule has 5 heteroatoms. The van der Waals surface area contributed by atoms with Crippen LogP contribution in [0.3, 0.4) is 0 Å². The lowest BCUT2D eigenvalue weighted by atomic mass is 10.1. The number of ether oxygens (including phenoxy) is 2. The molecule has 1 heterocycles. The van der Waals surface area contributed by atoms with Crippen LogP contribution in [0.25, 0.3) is 0 Å². The molecule has 1 aromatic carbocycles. The lowest BCUT2D eigenvalue weighted by molar-refractivity contribution is -0.121. The molecule has 0 aliphatic carbocycles. The number of hydrogen-bond acceptors (Lipinski definition) is 3. The Labute approximate surface area is 115 Å². The van der Waals surface area contributed by atoms with Crippen molar-refractivity contribution in [2.75, 3.05) is 6.79 Å². The number of fused-ring (bicyclic) bond motifs is 1. The molecule has 0 bridgehead atoms. The van der Waals surface area contributed by atoms with Crippen molar-refractivity contribution in [2.45, 2.75) is 25.2 Å². The van der Waals surface area contributed by atoms with Gasteiger partial charge in [0.2, 0.25) is 12.7 Å². The maximum Gasteiger partial charge on any atom is 0.234 e. The predicted molar refractivity (Wildman–Crippen MR) is 72.0 cm³/mol. The summed E-state index contributed by atoms with van der Waals surface area (Å²) in [5.41, 5.74) is 0.996. The van der Waals surface area contributed by atoms with Crippen LogP contribution in [0.1, 0.15) is 19.4 Å². The van der Waals surface area contributed by atoms with E-state index in [0.29, 0.717) is 6.54 Å². The lowest BCUT2D eigenvalue weighted by Crippen LogP contribution is -2.33. The van der Waals surface area contributed by atoms with E-state index in [9.17, 15) is 4.79 Å². The van der Waals surface area contributed by atoms with E-state index >= 15 is 0 Å². The first-order chi connectivity index (χ1) is 8.58. The second kappa shape index (κ2) is 5.61. The summed E-state index contributed by atoms with van der Waals surface area (Å²) in [7, 11) is 0. The molecule has 18 heavy (non-hydrogen) atoms. The largest absolute Gasteiger partial charge is 0.454 e. The quantitative estimate of drug-likeness (QED) is 0.869. The summed E-state index contributed by atoms with van der Waals surface area (Å²) in [6.07, 6.45) is 0. The predicted octanol–water partition coefficient (Wildman–Crippen LogP) is 2.45. The van der Waals surface area contributed by atoms with Crippen LogP contribution in [0.15, 0.2) is 18.2 Å². The van der Waals surface area contributed by atoms with Crippen LogP contribution in [0.4, 0.5) is 0 Å². The minimum Gasteiger partial charge on any atom is -0.454 e. The van der Waals surface area contributed by atoms with Gasteiger partial charge in [-0.1, -0.05) is 35.8 Å². The summed E-state index contributed by atoms with van der Waals surface area (Å²) in [6, 6.07) is 5.67. The fraction of sp³-hybridized carbons (Fsp3) is 0.462. The van der Waals surface area contributed by atoms with Crippen molar-refractivity contribution in [3.05, 3.63) is 23.8 Å². The van der Waals surface area contributed by atoms with Crippen LogP contribution < -0.4 is 14.8 Å². The molecule has 2 rings (SSSR count). The van der Waals surface area contributed by atoms with Crippen molar-refractivity contribution in [3.8, 4) is 11.5 Å². The van der Waals surface area contributed by atoms with Crippen LogP contribution in [-0.4, -0.2) is 17.5 Å². The van der Waals surface area contributed by atoms with Gasteiger partial charge in [0.25, 0.3) is 0 Å². The zero-order valence-corrected chi connectivity index (χ0v) is 12.0. The van der Waals surface area contributed by atoms with Gasteiger partial charge in [-0.05, 0) is 23.6 Å². The zero-order valence-electron chi connectivity index (χ0n) is 10.4. The van der Waals surface area contributed by atoms with Gasteiger partial charge in [0.1, 0.15) is 0 Å².